The van der Waals surface area contributed by atoms with Gasteiger partial charge in [0.05, 0.1) is 19.1 Å². The van der Waals surface area contributed by atoms with E-state index in [1.54, 1.807) is 30.3 Å². The molecule has 0 bridgehead atoms. The van der Waals surface area contributed by atoms with E-state index >= 15 is 0 Å². The van der Waals surface area contributed by atoms with Crippen molar-refractivity contribution in [2.75, 3.05) is 26.1 Å². The quantitative estimate of drug-likeness (QED) is 0.703. The van der Waals surface area contributed by atoms with E-state index in [-0.39, 0.29) is 11.4 Å². The Labute approximate surface area is 179 Å². The predicted molar refractivity (Wildman–Crippen MR) is 117 cm³/mol. The van der Waals surface area contributed by atoms with Gasteiger partial charge in [-0.3, -0.25) is 19.3 Å². The number of thioether (sulfide) groups is 1. The minimum absolute atomic E-state index is 0.242. The van der Waals surface area contributed by atoms with Crippen LogP contribution in [0.25, 0.3) is 6.08 Å². The third-order valence-electron chi connectivity index (χ3n) is 4.76. The number of hydrogen-bond donors (Lipinski definition) is 1. The zero-order valence-corrected chi connectivity index (χ0v) is 18.0. The van der Waals surface area contributed by atoms with Crippen molar-refractivity contribution in [3.63, 3.8) is 0 Å². The number of carbonyl (C=O) groups excluding carboxylic acids is 3. The van der Waals surface area contributed by atoms with Gasteiger partial charge in [0, 0.05) is 5.69 Å². The van der Waals surface area contributed by atoms with Crippen LogP contribution in [0.5, 0.6) is 11.5 Å². The molecule has 1 saturated heterocycles. The van der Waals surface area contributed by atoms with Crippen LogP contribution in [0.2, 0.25) is 0 Å². The Morgan fingerprint density at radius 2 is 1.83 bits per heavy atom. The number of imide groups is 1. The van der Waals surface area contributed by atoms with Crippen LogP contribution in [0, 0.1) is 13.8 Å². The topological polar surface area (TPSA) is 84.9 Å². The number of rotatable bonds is 6. The molecule has 0 unspecified atom stereocenters. The molecule has 0 saturated carbocycles. The summed E-state index contributed by atoms with van der Waals surface area (Å²) in [5, 5.41) is 2.28. The van der Waals surface area contributed by atoms with Gasteiger partial charge in [-0.15, -0.1) is 0 Å². The third-order valence-corrected chi connectivity index (χ3v) is 5.67. The summed E-state index contributed by atoms with van der Waals surface area (Å²) >= 11 is 0.800. The molecule has 30 heavy (non-hydrogen) atoms. The first-order valence-electron chi connectivity index (χ1n) is 9.17. The number of carbonyl (C=O) groups is 3. The molecule has 1 fully saturated rings. The highest BCUT2D eigenvalue weighted by Crippen LogP contribution is 2.34. The molecule has 0 atom stereocenters. The molecule has 1 N–H and O–H groups in total. The molecule has 1 aliphatic rings. The first kappa shape index (κ1) is 21.4. The summed E-state index contributed by atoms with van der Waals surface area (Å²) in [4.78, 5) is 38.6. The highest BCUT2D eigenvalue weighted by molar-refractivity contribution is 8.18. The Bertz CT molecular complexity index is 1050. The smallest absolute Gasteiger partial charge is 0.294 e. The number of nitrogens with zero attached hydrogens (tertiary/aromatic N) is 1. The zero-order chi connectivity index (χ0) is 21.8. The number of aryl methyl sites for hydroxylation is 1. The summed E-state index contributed by atoms with van der Waals surface area (Å²) in [5.74, 6) is 0.138. The third kappa shape index (κ3) is 4.49. The van der Waals surface area contributed by atoms with Gasteiger partial charge in [-0.1, -0.05) is 18.2 Å². The van der Waals surface area contributed by atoms with Crippen molar-refractivity contribution in [1.82, 2.24) is 4.90 Å². The molecule has 0 radical (unpaired) electrons. The van der Waals surface area contributed by atoms with Crippen molar-refractivity contribution in [2.24, 2.45) is 0 Å². The maximum atomic E-state index is 12.7. The fraction of sp³-hybridized carbons (Fsp3) is 0.227. The molecule has 2 aromatic rings. The van der Waals surface area contributed by atoms with Crippen LogP contribution in [0.3, 0.4) is 0 Å². The molecule has 3 rings (SSSR count). The fourth-order valence-corrected chi connectivity index (χ4v) is 3.79. The average Bonchev–Trinajstić information content (AvgIpc) is 2.98. The van der Waals surface area contributed by atoms with Crippen LogP contribution in [0.4, 0.5) is 10.5 Å². The van der Waals surface area contributed by atoms with Crippen molar-refractivity contribution in [3.8, 4) is 11.5 Å². The van der Waals surface area contributed by atoms with Gasteiger partial charge in [0.15, 0.2) is 11.5 Å². The van der Waals surface area contributed by atoms with E-state index in [9.17, 15) is 14.4 Å². The molecule has 1 heterocycles. The Morgan fingerprint density at radius 1 is 1.10 bits per heavy atom. The van der Waals surface area contributed by atoms with Crippen molar-refractivity contribution >= 4 is 40.6 Å². The number of anilines is 1. The second-order valence-electron chi connectivity index (χ2n) is 6.68. The van der Waals surface area contributed by atoms with E-state index in [1.165, 1.54) is 14.2 Å². The van der Waals surface area contributed by atoms with Crippen LogP contribution in [0.15, 0.2) is 41.3 Å². The largest absolute Gasteiger partial charge is 0.493 e. The summed E-state index contributed by atoms with van der Waals surface area (Å²) in [5.41, 5.74) is 3.32. The number of ether oxygens (including phenoxy) is 2. The SMILES string of the molecule is COc1ccc(/C=C2/SC(=O)N(CC(=O)Nc3cccc(C)c3C)C2=O)cc1OC. The Balaban J connectivity index is 1.74. The second kappa shape index (κ2) is 9.04. The van der Waals surface area contributed by atoms with Crippen molar-refractivity contribution in [1.29, 1.82) is 0 Å². The van der Waals surface area contributed by atoms with Crippen molar-refractivity contribution in [2.45, 2.75) is 13.8 Å². The lowest BCUT2D eigenvalue weighted by atomic mass is 10.1. The van der Waals surface area contributed by atoms with E-state index < -0.39 is 17.1 Å². The van der Waals surface area contributed by atoms with Gasteiger partial charge in [0.1, 0.15) is 6.54 Å². The summed E-state index contributed by atoms with van der Waals surface area (Å²) in [7, 11) is 3.05. The maximum Gasteiger partial charge on any atom is 0.294 e. The van der Waals surface area contributed by atoms with Gasteiger partial charge in [-0.25, -0.2) is 0 Å². The molecule has 0 aliphatic carbocycles. The van der Waals surface area contributed by atoms with Crippen molar-refractivity contribution in [3.05, 3.63) is 58.0 Å². The number of benzene rings is 2. The average molecular weight is 426 g/mol. The van der Waals surface area contributed by atoms with Gasteiger partial charge in [-0.05, 0) is 66.6 Å². The lowest BCUT2D eigenvalue weighted by Crippen LogP contribution is -2.36. The lowest BCUT2D eigenvalue weighted by Gasteiger charge is -2.14. The standard InChI is InChI=1S/C22H22N2O5S/c1-13-6-5-7-16(14(13)2)23-20(25)12-24-21(26)19(30-22(24)27)11-15-8-9-17(28-3)18(10-15)29-4/h5-11H,12H2,1-4H3,(H,23,25)/b19-11+. The van der Waals surface area contributed by atoms with Gasteiger partial charge in [0.25, 0.3) is 11.1 Å². The Kier molecular flexibility index (Phi) is 6.47. The number of nitrogens with one attached hydrogen (secondary N) is 1. The van der Waals surface area contributed by atoms with Crippen LogP contribution < -0.4 is 14.8 Å². The Morgan fingerprint density at radius 3 is 2.53 bits per heavy atom. The lowest BCUT2D eigenvalue weighted by molar-refractivity contribution is -0.127. The minimum atomic E-state index is -0.504. The van der Waals surface area contributed by atoms with E-state index in [0.717, 1.165) is 27.8 Å². The molecule has 0 spiro atoms. The molecule has 7 nitrogen and oxygen atoms in total. The van der Waals surface area contributed by atoms with Gasteiger partial charge in [0.2, 0.25) is 5.91 Å². The molecule has 0 aromatic heterocycles. The number of amides is 3. The van der Waals surface area contributed by atoms with Gasteiger partial charge in [-0.2, -0.15) is 0 Å². The number of methoxy groups -OCH3 is 2. The molecule has 8 heteroatoms. The zero-order valence-electron chi connectivity index (χ0n) is 17.1. The molecular formula is C22H22N2O5S. The van der Waals surface area contributed by atoms with E-state index in [1.807, 2.05) is 26.0 Å². The van der Waals surface area contributed by atoms with Crippen LogP contribution in [-0.2, 0) is 9.59 Å². The maximum absolute atomic E-state index is 12.7. The summed E-state index contributed by atoms with van der Waals surface area (Å²) < 4.78 is 10.5. The molecule has 156 valence electrons. The summed E-state index contributed by atoms with van der Waals surface area (Å²) in [6.07, 6.45) is 1.59. The van der Waals surface area contributed by atoms with Crippen LogP contribution >= 0.6 is 11.8 Å². The van der Waals surface area contributed by atoms with Crippen LogP contribution in [-0.4, -0.2) is 42.7 Å². The molecule has 1 aliphatic heterocycles. The van der Waals surface area contributed by atoms with Gasteiger partial charge < -0.3 is 14.8 Å². The van der Waals surface area contributed by atoms with E-state index in [0.29, 0.717) is 22.7 Å². The highest BCUT2D eigenvalue weighted by Gasteiger charge is 2.36. The molecule has 3 amide bonds. The van der Waals surface area contributed by atoms with E-state index in [2.05, 4.69) is 5.32 Å². The van der Waals surface area contributed by atoms with E-state index in [4.69, 9.17) is 9.47 Å². The number of hydrogen-bond acceptors (Lipinski definition) is 6. The minimum Gasteiger partial charge on any atom is -0.493 e. The Hall–Kier alpha value is -3.26. The monoisotopic (exact) mass is 426 g/mol. The normalized spacial score (nSPS) is 14.9. The first-order valence-corrected chi connectivity index (χ1v) is 9.99. The fourth-order valence-electron chi connectivity index (χ4n) is 2.95. The highest BCUT2D eigenvalue weighted by atomic mass is 32.2. The van der Waals surface area contributed by atoms with Crippen LogP contribution in [0.1, 0.15) is 16.7 Å². The molecule has 2 aromatic carbocycles. The second-order valence-corrected chi connectivity index (χ2v) is 7.67. The summed E-state index contributed by atoms with van der Waals surface area (Å²) in [6, 6.07) is 10.7. The molecular weight excluding hydrogens is 404 g/mol. The first-order chi connectivity index (χ1) is 14.3. The summed E-state index contributed by atoms with van der Waals surface area (Å²) in [6.45, 7) is 3.50. The van der Waals surface area contributed by atoms with Gasteiger partial charge >= 0.3 is 0 Å². The predicted octanol–water partition coefficient (Wildman–Crippen LogP) is 4.00. The van der Waals surface area contributed by atoms with Crippen molar-refractivity contribution < 1.29 is 23.9 Å².